The SMILES string of the molecule is C=CCOC=O.Cl. The smallest absolute Gasteiger partial charge is 0.293 e. The Morgan fingerprint density at radius 2 is 2.29 bits per heavy atom. The van der Waals surface area contributed by atoms with E-state index in [2.05, 4.69) is 11.3 Å². The van der Waals surface area contributed by atoms with Crippen LogP contribution in [0.15, 0.2) is 12.7 Å². The Hall–Kier alpha value is -0.500. The number of rotatable bonds is 3. The molecule has 0 unspecified atom stereocenters. The lowest BCUT2D eigenvalue weighted by atomic mass is 10.7. The summed E-state index contributed by atoms with van der Waals surface area (Å²) in [7, 11) is 0. The van der Waals surface area contributed by atoms with Crippen LogP contribution >= 0.6 is 12.4 Å². The second-order valence-corrected chi connectivity index (χ2v) is 0.718. The highest BCUT2D eigenvalue weighted by Crippen LogP contribution is 1.62. The first-order valence-corrected chi connectivity index (χ1v) is 1.58. The first-order chi connectivity index (χ1) is 2.91. The van der Waals surface area contributed by atoms with Crippen molar-refractivity contribution in [2.45, 2.75) is 0 Å². The lowest BCUT2D eigenvalue weighted by Gasteiger charge is -1.82. The van der Waals surface area contributed by atoms with Crippen molar-refractivity contribution >= 4 is 18.9 Å². The average Bonchev–Trinajstić information content (AvgIpc) is 1.61. The minimum absolute atomic E-state index is 0. The summed E-state index contributed by atoms with van der Waals surface area (Å²) in [5, 5.41) is 0. The molecule has 0 saturated heterocycles. The van der Waals surface area contributed by atoms with Crippen molar-refractivity contribution in [3.05, 3.63) is 12.7 Å². The van der Waals surface area contributed by atoms with Crippen LogP contribution in [-0.2, 0) is 9.53 Å². The first-order valence-electron chi connectivity index (χ1n) is 1.58. The largest absolute Gasteiger partial charge is 0.464 e. The summed E-state index contributed by atoms with van der Waals surface area (Å²) in [6.07, 6.45) is 1.51. The molecule has 0 heterocycles. The summed E-state index contributed by atoms with van der Waals surface area (Å²) in [5.41, 5.74) is 0. The molecule has 0 radical (unpaired) electrons. The molecule has 0 N–H and O–H groups in total. The zero-order chi connectivity index (χ0) is 4.83. The minimum atomic E-state index is 0. The van der Waals surface area contributed by atoms with Gasteiger partial charge in [-0.15, -0.1) is 12.4 Å². The van der Waals surface area contributed by atoms with Gasteiger partial charge >= 0.3 is 0 Å². The molecule has 0 spiro atoms. The highest BCUT2D eigenvalue weighted by Gasteiger charge is 1.65. The van der Waals surface area contributed by atoms with Gasteiger partial charge in [0, 0.05) is 0 Å². The van der Waals surface area contributed by atoms with Gasteiger partial charge in [0.05, 0.1) is 0 Å². The number of ether oxygens (including phenoxy) is 1. The monoisotopic (exact) mass is 122 g/mol. The number of carbonyl (C=O) groups is 1. The van der Waals surface area contributed by atoms with Crippen LogP contribution in [0.3, 0.4) is 0 Å². The summed E-state index contributed by atoms with van der Waals surface area (Å²) in [4.78, 5) is 9.29. The Labute approximate surface area is 48.6 Å². The molecule has 0 saturated carbocycles. The summed E-state index contributed by atoms with van der Waals surface area (Å²) in [6.45, 7) is 4.01. The van der Waals surface area contributed by atoms with Crippen LogP contribution in [0.5, 0.6) is 0 Å². The van der Waals surface area contributed by atoms with Crippen molar-refractivity contribution in [1.29, 1.82) is 0 Å². The molecule has 0 aliphatic carbocycles. The third kappa shape index (κ3) is 10.8. The molecule has 0 aliphatic heterocycles. The average molecular weight is 123 g/mol. The molecule has 0 aromatic carbocycles. The van der Waals surface area contributed by atoms with E-state index in [9.17, 15) is 4.79 Å². The van der Waals surface area contributed by atoms with Gasteiger partial charge in [-0.1, -0.05) is 12.7 Å². The van der Waals surface area contributed by atoms with Gasteiger partial charge in [0.2, 0.25) is 0 Å². The number of halogens is 1. The maximum atomic E-state index is 9.29. The Bertz CT molecular complexity index is 45.7. The van der Waals surface area contributed by atoms with Crippen molar-refractivity contribution in [3.8, 4) is 0 Å². The Morgan fingerprint density at radius 1 is 1.71 bits per heavy atom. The predicted molar refractivity (Wildman–Crippen MR) is 29.5 cm³/mol. The molecule has 0 atom stereocenters. The molecule has 0 bridgehead atoms. The van der Waals surface area contributed by atoms with Crippen molar-refractivity contribution in [2.24, 2.45) is 0 Å². The Morgan fingerprint density at radius 3 is 2.43 bits per heavy atom. The van der Waals surface area contributed by atoms with E-state index in [4.69, 9.17) is 0 Å². The zero-order valence-corrected chi connectivity index (χ0v) is 4.61. The standard InChI is InChI=1S/C4H6O2.ClH/c1-2-3-6-4-5;/h2,4H,1,3H2;1H. The fourth-order valence-electron chi connectivity index (χ4n) is 0.107. The molecule has 42 valence electrons. The molecule has 0 fully saturated rings. The number of hydrogen-bond donors (Lipinski definition) is 0. The normalized spacial score (nSPS) is 5.71. The predicted octanol–water partition coefficient (Wildman–Crippen LogP) is 0.767. The van der Waals surface area contributed by atoms with Crippen molar-refractivity contribution in [3.63, 3.8) is 0 Å². The van der Waals surface area contributed by atoms with Gasteiger partial charge in [-0.25, -0.2) is 0 Å². The van der Waals surface area contributed by atoms with Gasteiger partial charge in [0.15, 0.2) is 0 Å². The van der Waals surface area contributed by atoms with Gasteiger partial charge in [-0.2, -0.15) is 0 Å². The molecule has 7 heavy (non-hydrogen) atoms. The second kappa shape index (κ2) is 9.09. The molecule has 2 nitrogen and oxygen atoms in total. The summed E-state index contributed by atoms with van der Waals surface area (Å²) in [6, 6.07) is 0. The fourth-order valence-corrected chi connectivity index (χ4v) is 0.107. The molecule has 0 amide bonds. The van der Waals surface area contributed by atoms with E-state index in [1.165, 1.54) is 6.08 Å². The zero-order valence-electron chi connectivity index (χ0n) is 3.79. The van der Waals surface area contributed by atoms with Gasteiger partial charge in [0.25, 0.3) is 6.47 Å². The van der Waals surface area contributed by atoms with Gasteiger partial charge in [-0.3, -0.25) is 4.79 Å². The molecule has 0 aromatic heterocycles. The summed E-state index contributed by atoms with van der Waals surface area (Å²) < 4.78 is 4.18. The first kappa shape index (κ1) is 9.71. The third-order valence-electron chi connectivity index (χ3n) is 0.282. The number of hydrogen-bond acceptors (Lipinski definition) is 2. The van der Waals surface area contributed by atoms with Crippen LogP contribution in [0.4, 0.5) is 0 Å². The van der Waals surface area contributed by atoms with Crippen molar-refractivity contribution in [2.75, 3.05) is 6.61 Å². The third-order valence-corrected chi connectivity index (χ3v) is 0.282. The number of carbonyl (C=O) groups excluding carboxylic acids is 1. The summed E-state index contributed by atoms with van der Waals surface area (Å²) >= 11 is 0. The van der Waals surface area contributed by atoms with Crippen LogP contribution in [0.25, 0.3) is 0 Å². The van der Waals surface area contributed by atoms with E-state index in [0.29, 0.717) is 13.1 Å². The van der Waals surface area contributed by atoms with E-state index in [1.807, 2.05) is 0 Å². The molecular formula is C4H7ClO2. The highest BCUT2D eigenvalue weighted by molar-refractivity contribution is 5.85. The molecule has 0 aliphatic rings. The van der Waals surface area contributed by atoms with Crippen LogP contribution in [-0.4, -0.2) is 13.1 Å². The van der Waals surface area contributed by atoms with E-state index in [0.717, 1.165) is 0 Å². The quantitative estimate of drug-likeness (QED) is 0.314. The maximum Gasteiger partial charge on any atom is 0.293 e. The van der Waals surface area contributed by atoms with Gasteiger partial charge in [-0.05, 0) is 0 Å². The lowest BCUT2D eigenvalue weighted by molar-refractivity contribution is -0.127. The fraction of sp³-hybridized carbons (Fsp3) is 0.250. The van der Waals surface area contributed by atoms with Crippen LogP contribution in [0, 0.1) is 0 Å². The van der Waals surface area contributed by atoms with Crippen LogP contribution in [0.1, 0.15) is 0 Å². The van der Waals surface area contributed by atoms with Crippen molar-refractivity contribution in [1.82, 2.24) is 0 Å². The molecule has 0 aromatic rings. The van der Waals surface area contributed by atoms with Gasteiger partial charge in [0.1, 0.15) is 6.61 Å². The highest BCUT2D eigenvalue weighted by atomic mass is 35.5. The summed E-state index contributed by atoms with van der Waals surface area (Å²) in [5.74, 6) is 0. The van der Waals surface area contributed by atoms with E-state index in [-0.39, 0.29) is 12.4 Å². The lowest BCUT2D eigenvalue weighted by Crippen LogP contribution is -1.83. The van der Waals surface area contributed by atoms with Crippen LogP contribution in [0.2, 0.25) is 0 Å². The van der Waals surface area contributed by atoms with Crippen LogP contribution < -0.4 is 0 Å². The second-order valence-electron chi connectivity index (χ2n) is 0.718. The maximum absolute atomic E-state index is 9.29. The topological polar surface area (TPSA) is 26.3 Å². The molecule has 3 heteroatoms. The minimum Gasteiger partial charge on any atom is -0.464 e. The Kier molecular flexibility index (Phi) is 12.6. The van der Waals surface area contributed by atoms with Gasteiger partial charge < -0.3 is 4.74 Å². The molecular weight excluding hydrogens is 115 g/mol. The van der Waals surface area contributed by atoms with E-state index in [1.54, 1.807) is 0 Å². The van der Waals surface area contributed by atoms with E-state index >= 15 is 0 Å². The Balaban J connectivity index is 0. The van der Waals surface area contributed by atoms with E-state index < -0.39 is 0 Å². The molecule has 0 rings (SSSR count). The van der Waals surface area contributed by atoms with Crippen molar-refractivity contribution < 1.29 is 9.53 Å².